The van der Waals surface area contributed by atoms with Crippen LogP contribution in [0.3, 0.4) is 0 Å². The van der Waals surface area contributed by atoms with Gasteiger partial charge in [0.1, 0.15) is 5.75 Å². The van der Waals surface area contributed by atoms with Crippen LogP contribution in [0.2, 0.25) is 0 Å². The molecule has 0 aliphatic carbocycles. The fourth-order valence-electron chi connectivity index (χ4n) is 1.78. The van der Waals surface area contributed by atoms with E-state index in [-0.39, 0.29) is 6.15 Å². The summed E-state index contributed by atoms with van der Waals surface area (Å²) >= 11 is 0. The molecular weight excluding hydrogens is 284 g/mol. The molecule has 0 bridgehead atoms. The number of benzene rings is 2. The van der Waals surface area contributed by atoms with Crippen LogP contribution in [0.25, 0.3) is 22.8 Å². The number of rotatable bonds is 3. The van der Waals surface area contributed by atoms with Crippen LogP contribution in [0, 0.1) is 0 Å². The Labute approximate surface area is 126 Å². The van der Waals surface area contributed by atoms with E-state index in [1.807, 2.05) is 54.6 Å². The molecule has 2 aromatic carbocycles. The molecule has 1 heterocycles. The van der Waals surface area contributed by atoms with Gasteiger partial charge in [-0.15, -0.1) is 0 Å². The van der Waals surface area contributed by atoms with Gasteiger partial charge in [-0.1, -0.05) is 35.5 Å². The van der Waals surface area contributed by atoms with E-state index >= 15 is 0 Å². The minimum absolute atomic E-state index is 0.250. The molecule has 0 atom stereocenters. The van der Waals surface area contributed by atoms with E-state index in [4.69, 9.17) is 18.8 Å². The van der Waals surface area contributed by atoms with Gasteiger partial charge in [0.15, 0.2) is 0 Å². The topological polar surface area (TPSA) is 82.3 Å². The number of nitrogens with zero attached hydrogens (tertiary/aromatic N) is 2. The van der Waals surface area contributed by atoms with Crippen LogP contribution in [0.5, 0.6) is 5.75 Å². The highest BCUT2D eigenvalue weighted by Crippen LogP contribution is 2.23. The highest BCUT2D eigenvalue weighted by molar-refractivity contribution is 5.60. The first-order valence-electron chi connectivity index (χ1n) is 6.31. The molecule has 3 rings (SSSR count). The smallest absolute Gasteiger partial charge is 0.373 e. The number of methoxy groups -OCH3 is 1. The van der Waals surface area contributed by atoms with Gasteiger partial charge in [-0.3, -0.25) is 0 Å². The van der Waals surface area contributed by atoms with Crippen LogP contribution >= 0.6 is 0 Å². The van der Waals surface area contributed by atoms with E-state index in [1.165, 1.54) is 0 Å². The fourth-order valence-corrected chi connectivity index (χ4v) is 1.78. The average Bonchev–Trinajstić information content (AvgIpc) is 3.06. The van der Waals surface area contributed by atoms with Crippen molar-refractivity contribution >= 4 is 6.15 Å². The van der Waals surface area contributed by atoms with Crippen molar-refractivity contribution < 1.29 is 18.8 Å². The van der Waals surface area contributed by atoms with Crippen LogP contribution in [-0.4, -0.2) is 23.4 Å². The van der Waals surface area contributed by atoms with Crippen molar-refractivity contribution in [1.29, 1.82) is 0 Å². The van der Waals surface area contributed by atoms with Crippen molar-refractivity contribution in [3.05, 3.63) is 54.6 Å². The Bertz CT molecular complexity index is 745. The summed E-state index contributed by atoms with van der Waals surface area (Å²) in [6.07, 6.45) is 0.250. The van der Waals surface area contributed by atoms with Crippen molar-refractivity contribution in [3.8, 4) is 28.6 Å². The fraction of sp³-hybridized carbons (Fsp3) is 0.0625. The third-order valence-electron chi connectivity index (χ3n) is 2.79. The maximum absolute atomic E-state index is 8.12. The summed E-state index contributed by atoms with van der Waals surface area (Å²) in [6.45, 7) is 0. The lowest BCUT2D eigenvalue weighted by Crippen LogP contribution is -1.83. The second kappa shape index (κ2) is 7.52. The molecule has 0 amide bonds. The number of hydrogen-bond acceptors (Lipinski definition) is 6. The molecule has 0 aliphatic heterocycles. The Morgan fingerprint density at radius 1 is 0.955 bits per heavy atom. The number of ether oxygens (including phenoxy) is 1. The first-order chi connectivity index (χ1) is 10.8. The van der Waals surface area contributed by atoms with Gasteiger partial charge in [0.05, 0.1) is 7.11 Å². The zero-order valence-electron chi connectivity index (χ0n) is 11.7. The molecule has 1 aromatic heterocycles. The summed E-state index contributed by atoms with van der Waals surface area (Å²) in [7, 11) is 1.63. The third-order valence-corrected chi connectivity index (χ3v) is 2.79. The highest BCUT2D eigenvalue weighted by atomic mass is 16.5. The average molecular weight is 296 g/mol. The molecule has 0 fully saturated rings. The summed E-state index contributed by atoms with van der Waals surface area (Å²) < 4.78 is 10.4. The molecule has 0 saturated heterocycles. The SMILES string of the molecule is COc1ccc(-c2nc(-c3ccccc3)no2)cc1.O=C=O. The first-order valence-corrected chi connectivity index (χ1v) is 6.31. The molecule has 110 valence electrons. The van der Waals surface area contributed by atoms with Gasteiger partial charge in [-0.05, 0) is 24.3 Å². The lowest BCUT2D eigenvalue weighted by molar-refractivity contribution is -0.191. The molecule has 3 aromatic rings. The van der Waals surface area contributed by atoms with E-state index < -0.39 is 0 Å². The Morgan fingerprint density at radius 2 is 1.59 bits per heavy atom. The van der Waals surface area contributed by atoms with Crippen molar-refractivity contribution in [1.82, 2.24) is 10.1 Å². The molecule has 0 spiro atoms. The molecular formula is C16H12N2O4. The van der Waals surface area contributed by atoms with Crippen LogP contribution in [0.4, 0.5) is 0 Å². The van der Waals surface area contributed by atoms with Crippen molar-refractivity contribution in [2.24, 2.45) is 0 Å². The Kier molecular flexibility index (Phi) is 5.18. The highest BCUT2D eigenvalue weighted by Gasteiger charge is 2.10. The lowest BCUT2D eigenvalue weighted by atomic mass is 10.2. The monoisotopic (exact) mass is 296 g/mol. The number of aromatic nitrogens is 2. The molecule has 6 nitrogen and oxygen atoms in total. The van der Waals surface area contributed by atoms with E-state index in [0.717, 1.165) is 16.9 Å². The zero-order valence-corrected chi connectivity index (χ0v) is 11.7. The standard InChI is InChI=1S/C15H12N2O2.CO2/c1-18-13-9-7-12(8-10-13)15-16-14(17-19-15)11-5-3-2-4-6-11;2-1-3/h2-10H,1H3;. The second-order valence-corrected chi connectivity index (χ2v) is 4.10. The molecule has 0 N–H and O–H groups in total. The normalized spacial score (nSPS) is 9.32. The van der Waals surface area contributed by atoms with Gasteiger partial charge in [-0.25, -0.2) is 0 Å². The maximum Gasteiger partial charge on any atom is 0.373 e. The van der Waals surface area contributed by atoms with Crippen LogP contribution in [0.15, 0.2) is 59.1 Å². The van der Waals surface area contributed by atoms with Crippen LogP contribution in [0.1, 0.15) is 0 Å². The Hall–Kier alpha value is -3.24. The Balaban J connectivity index is 0.000000545. The minimum Gasteiger partial charge on any atom is -0.497 e. The zero-order chi connectivity index (χ0) is 15.8. The summed E-state index contributed by atoms with van der Waals surface area (Å²) in [4.78, 5) is 20.6. The Morgan fingerprint density at radius 3 is 2.18 bits per heavy atom. The third kappa shape index (κ3) is 3.65. The maximum atomic E-state index is 8.12. The largest absolute Gasteiger partial charge is 0.497 e. The summed E-state index contributed by atoms with van der Waals surface area (Å²) in [5.41, 5.74) is 1.81. The van der Waals surface area contributed by atoms with Gasteiger partial charge < -0.3 is 9.26 Å². The van der Waals surface area contributed by atoms with Gasteiger partial charge >= 0.3 is 6.15 Å². The van der Waals surface area contributed by atoms with Crippen LogP contribution in [-0.2, 0) is 9.59 Å². The van der Waals surface area contributed by atoms with Gasteiger partial charge in [-0.2, -0.15) is 14.6 Å². The molecule has 0 unspecified atom stereocenters. The molecule has 6 heteroatoms. The molecule has 0 saturated carbocycles. The lowest BCUT2D eigenvalue weighted by Gasteiger charge is -1.98. The minimum atomic E-state index is 0.250. The number of hydrogen-bond donors (Lipinski definition) is 0. The van der Waals surface area contributed by atoms with Crippen LogP contribution < -0.4 is 4.74 Å². The summed E-state index contributed by atoms with van der Waals surface area (Å²) in [6, 6.07) is 17.2. The number of carbonyl (C=O) groups excluding carboxylic acids is 2. The predicted molar refractivity (Wildman–Crippen MR) is 76.7 cm³/mol. The predicted octanol–water partition coefficient (Wildman–Crippen LogP) is 2.83. The summed E-state index contributed by atoms with van der Waals surface area (Å²) in [5.74, 6) is 1.89. The van der Waals surface area contributed by atoms with Crippen molar-refractivity contribution in [3.63, 3.8) is 0 Å². The quantitative estimate of drug-likeness (QED) is 0.739. The van der Waals surface area contributed by atoms with Gasteiger partial charge in [0.2, 0.25) is 5.82 Å². The molecule has 0 aliphatic rings. The van der Waals surface area contributed by atoms with E-state index in [9.17, 15) is 0 Å². The van der Waals surface area contributed by atoms with Crippen molar-refractivity contribution in [2.75, 3.05) is 7.11 Å². The molecule has 0 radical (unpaired) electrons. The second-order valence-electron chi connectivity index (χ2n) is 4.10. The molecule has 22 heavy (non-hydrogen) atoms. The van der Waals surface area contributed by atoms with Gasteiger partial charge in [0.25, 0.3) is 5.89 Å². The van der Waals surface area contributed by atoms with Gasteiger partial charge in [0, 0.05) is 11.1 Å². The van der Waals surface area contributed by atoms with E-state index in [0.29, 0.717) is 11.7 Å². The van der Waals surface area contributed by atoms with E-state index in [2.05, 4.69) is 10.1 Å². The summed E-state index contributed by atoms with van der Waals surface area (Å²) in [5, 5.41) is 3.99. The first kappa shape index (κ1) is 15.2. The van der Waals surface area contributed by atoms with Crippen molar-refractivity contribution in [2.45, 2.75) is 0 Å². The van der Waals surface area contributed by atoms with E-state index in [1.54, 1.807) is 7.11 Å².